The predicted molar refractivity (Wildman–Crippen MR) is 77.2 cm³/mol. The van der Waals surface area contributed by atoms with Crippen molar-refractivity contribution in [2.75, 3.05) is 5.32 Å². The minimum Gasteiger partial charge on any atom is -0.326 e. The summed E-state index contributed by atoms with van der Waals surface area (Å²) in [5.74, 6) is -0.259. The maximum atomic E-state index is 11.6. The fourth-order valence-corrected chi connectivity index (χ4v) is 2.27. The zero-order valence-electron chi connectivity index (χ0n) is 11.1. The minimum atomic E-state index is -4.23. The van der Waals surface area contributed by atoms with Crippen LogP contribution in [-0.4, -0.2) is 18.9 Å². The first-order valence-electron chi connectivity index (χ1n) is 6.09. The third kappa shape index (κ3) is 3.15. The van der Waals surface area contributed by atoms with E-state index in [1.807, 2.05) is 0 Å². The second-order valence-electron chi connectivity index (χ2n) is 4.84. The number of carbonyl (C=O) groups excluding carboxylic acids is 1. The number of hydrogen-bond donors (Lipinski definition) is 2. The van der Waals surface area contributed by atoms with E-state index in [1.165, 1.54) is 12.1 Å². The Hall–Kier alpha value is -1.92. The Labute approximate surface area is 117 Å². The number of rotatable bonds is 3. The van der Waals surface area contributed by atoms with Gasteiger partial charge in [-0.05, 0) is 35.0 Å². The molecule has 2 aromatic rings. The van der Waals surface area contributed by atoms with E-state index in [-0.39, 0.29) is 16.7 Å². The molecule has 5 nitrogen and oxygen atoms in total. The molecule has 0 heterocycles. The molecular weight excluding hydrogens is 278 g/mol. The van der Waals surface area contributed by atoms with Gasteiger partial charge in [-0.2, -0.15) is 8.42 Å². The van der Waals surface area contributed by atoms with Crippen LogP contribution in [0.25, 0.3) is 10.8 Å². The molecular formula is C14H15NO4S. The smallest absolute Gasteiger partial charge is 0.294 e. The van der Waals surface area contributed by atoms with E-state index in [0.717, 1.165) is 5.39 Å². The van der Waals surface area contributed by atoms with Crippen molar-refractivity contribution in [3.63, 3.8) is 0 Å². The Morgan fingerprint density at radius 3 is 2.35 bits per heavy atom. The highest BCUT2D eigenvalue weighted by Gasteiger charge is 2.11. The van der Waals surface area contributed by atoms with Crippen molar-refractivity contribution in [3.05, 3.63) is 36.4 Å². The molecule has 0 aliphatic heterocycles. The minimum absolute atomic E-state index is 0.115. The summed E-state index contributed by atoms with van der Waals surface area (Å²) in [6.45, 7) is 3.57. The molecule has 106 valence electrons. The summed E-state index contributed by atoms with van der Waals surface area (Å²) >= 11 is 0. The van der Waals surface area contributed by atoms with Crippen LogP contribution in [0.2, 0.25) is 0 Å². The number of carbonyl (C=O) groups is 1. The van der Waals surface area contributed by atoms with E-state index in [0.29, 0.717) is 11.1 Å². The van der Waals surface area contributed by atoms with Crippen LogP contribution in [0.4, 0.5) is 5.69 Å². The number of amides is 1. The van der Waals surface area contributed by atoms with Gasteiger partial charge in [-0.25, -0.2) is 0 Å². The van der Waals surface area contributed by atoms with Crippen LogP contribution in [0.15, 0.2) is 41.3 Å². The van der Waals surface area contributed by atoms with Crippen LogP contribution in [-0.2, 0) is 14.9 Å². The van der Waals surface area contributed by atoms with Crippen LogP contribution >= 0.6 is 0 Å². The highest BCUT2D eigenvalue weighted by molar-refractivity contribution is 7.85. The Bertz CT molecular complexity index is 766. The first-order valence-corrected chi connectivity index (χ1v) is 7.53. The molecule has 0 aromatic heterocycles. The second kappa shape index (κ2) is 5.22. The van der Waals surface area contributed by atoms with E-state index < -0.39 is 10.1 Å². The molecule has 2 aromatic carbocycles. The Kier molecular flexibility index (Phi) is 3.78. The summed E-state index contributed by atoms with van der Waals surface area (Å²) in [6.07, 6.45) is 0. The molecule has 0 atom stereocenters. The quantitative estimate of drug-likeness (QED) is 0.852. The maximum absolute atomic E-state index is 11.6. The summed E-state index contributed by atoms with van der Waals surface area (Å²) < 4.78 is 31.3. The maximum Gasteiger partial charge on any atom is 0.294 e. The molecule has 2 N–H and O–H groups in total. The van der Waals surface area contributed by atoms with Crippen LogP contribution in [0.1, 0.15) is 13.8 Å². The largest absolute Gasteiger partial charge is 0.326 e. The van der Waals surface area contributed by atoms with Crippen molar-refractivity contribution in [1.82, 2.24) is 0 Å². The van der Waals surface area contributed by atoms with Crippen LogP contribution in [0.3, 0.4) is 0 Å². The fraction of sp³-hybridized carbons (Fsp3) is 0.214. The normalized spacial score (nSPS) is 11.8. The average Bonchev–Trinajstić information content (AvgIpc) is 2.36. The lowest BCUT2D eigenvalue weighted by molar-refractivity contribution is -0.118. The third-order valence-electron chi connectivity index (χ3n) is 2.90. The SMILES string of the molecule is CC(C)C(=O)Nc1ccc2ccc(S(=O)(=O)O)cc2c1. The van der Waals surface area contributed by atoms with Crippen LogP contribution in [0.5, 0.6) is 0 Å². The Morgan fingerprint density at radius 2 is 1.75 bits per heavy atom. The third-order valence-corrected chi connectivity index (χ3v) is 3.75. The lowest BCUT2D eigenvalue weighted by Crippen LogP contribution is -2.17. The molecule has 0 saturated heterocycles. The standard InChI is InChI=1S/C14H15NO4S/c1-9(2)14(16)15-12-5-3-10-4-6-13(20(17,18)19)8-11(10)7-12/h3-9H,1-2H3,(H,15,16)(H,17,18,19). The summed E-state index contributed by atoms with van der Waals surface area (Å²) in [4.78, 5) is 11.5. The van der Waals surface area contributed by atoms with Crippen molar-refractivity contribution in [3.8, 4) is 0 Å². The van der Waals surface area contributed by atoms with Gasteiger partial charge in [0.2, 0.25) is 5.91 Å². The number of hydrogen-bond acceptors (Lipinski definition) is 3. The molecule has 0 radical (unpaired) electrons. The van der Waals surface area contributed by atoms with Crippen molar-refractivity contribution < 1.29 is 17.8 Å². The van der Waals surface area contributed by atoms with Crippen LogP contribution in [0, 0.1) is 5.92 Å². The topological polar surface area (TPSA) is 83.5 Å². The van der Waals surface area contributed by atoms with Crippen molar-refractivity contribution in [2.45, 2.75) is 18.7 Å². The number of fused-ring (bicyclic) bond motifs is 1. The lowest BCUT2D eigenvalue weighted by Gasteiger charge is -2.09. The molecule has 0 aliphatic carbocycles. The molecule has 20 heavy (non-hydrogen) atoms. The van der Waals surface area contributed by atoms with Gasteiger partial charge in [0.25, 0.3) is 10.1 Å². The first-order chi connectivity index (χ1) is 9.27. The molecule has 0 fully saturated rings. The molecule has 0 bridgehead atoms. The van der Waals surface area contributed by atoms with Crippen molar-refractivity contribution in [1.29, 1.82) is 0 Å². The summed E-state index contributed by atoms with van der Waals surface area (Å²) in [5.41, 5.74) is 0.587. The lowest BCUT2D eigenvalue weighted by atomic mass is 10.1. The summed E-state index contributed by atoms with van der Waals surface area (Å²) in [6, 6.07) is 9.51. The van der Waals surface area contributed by atoms with E-state index in [2.05, 4.69) is 5.32 Å². The van der Waals surface area contributed by atoms with Gasteiger partial charge in [-0.15, -0.1) is 0 Å². The average molecular weight is 293 g/mol. The van der Waals surface area contributed by atoms with E-state index in [4.69, 9.17) is 4.55 Å². The molecule has 0 spiro atoms. The van der Waals surface area contributed by atoms with Gasteiger partial charge in [-0.3, -0.25) is 9.35 Å². The zero-order valence-corrected chi connectivity index (χ0v) is 11.9. The molecule has 2 rings (SSSR count). The zero-order chi connectivity index (χ0) is 14.9. The van der Waals surface area contributed by atoms with Gasteiger partial charge >= 0.3 is 0 Å². The van der Waals surface area contributed by atoms with Gasteiger partial charge < -0.3 is 5.32 Å². The molecule has 1 amide bonds. The van der Waals surface area contributed by atoms with Gasteiger partial charge in [-0.1, -0.05) is 26.0 Å². The Balaban J connectivity index is 2.44. The van der Waals surface area contributed by atoms with Gasteiger partial charge in [0, 0.05) is 11.6 Å². The molecule has 6 heteroatoms. The fourth-order valence-electron chi connectivity index (χ4n) is 1.75. The number of anilines is 1. The highest BCUT2D eigenvalue weighted by atomic mass is 32.2. The molecule has 0 aliphatic rings. The number of benzene rings is 2. The molecule has 0 unspecified atom stereocenters. The predicted octanol–water partition coefficient (Wildman–Crippen LogP) is 2.68. The first kappa shape index (κ1) is 14.5. The van der Waals surface area contributed by atoms with Gasteiger partial charge in [0.1, 0.15) is 0 Å². The van der Waals surface area contributed by atoms with Gasteiger partial charge in [0.05, 0.1) is 4.90 Å². The van der Waals surface area contributed by atoms with Crippen molar-refractivity contribution in [2.24, 2.45) is 5.92 Å². The second-order valence-corrected chi connectivity index (χ2v) is 6.26. The summed E-state index contributed by atoms with van der Waals surface area (Å²) in [5, 5.41) is 4.19. The number of nitrogens with one attached hydrogen (secondary N) is 1. The monoisotopic (exact) mass is 293 g/mol. The Morgan fingerprint density at radius 1 is 1.10 bits per heavy atom. The van der Waals surface area contributed by atoms with E-state index in [1.54, 1.807) is 38.1 Å². The summed E-state index contributed by atoms with van der Waals surface area (Å²) in [7, 11) is -4.23. The van der Waals surface area contributed by atoms with Crippen molar-refractivity contribution >= 4 is 32.5 Å². The van der Waals surface area contributed by atoms with E-state index in [9.17, 15) is 13.2 Å². The van der Waals surface area contributed by atoms with Crippen LogP contribution < -0.4 is 5.32 Å². The van der Waals surface area contributed by atoms with E-state index >= 15 is 0 Å². The highest BCUT2D eigenvalue weighted by Crippen LogP contribution is 2.23. The molecule has 0 saturated carbocycles. The van der Waals surface area contributed by atoms with Gasteiger partial charge in [0.15, 0.2) is 0 Å².